The van der Waals surface area contributed by atoms with Gasteiger partial charge in [-0.3, -0.25) is 4.90 Å². The summed E-state index contributed by atoms with van der Waals surface area (Å²) in [6.07, 6.45) is 0.292. The van der Waals surface area contributed by atoms with E-state index in [1.807, 2.05) is 12.1 Å². The van der Waals surface area contributed by atoms with E-state index in [2.05, 4.69) is 11.8 Å². The second-order valence-corrected chi connectivity index (χ2v) is 4.90. The lowest BCUT2D eigenvalue weighted by molar-refractivity contribution is -0.116. The van der Waals surface area contributed by atoms with Crippen molar-refractivity contribution in [3.63, 3.8) is 0 Å². The van der Waals surface area contributed by atoms with E-state index in [-0.39, 0.29) is 12.3 Å². The summed E-state index contributed by atoms with van der Waals surface area (Å²) in [5, 5.41) is 9.39. The van der Waals surface area contributed by atoms with Crippen LogP contribution in [-0.2, 0) is 16.0 Å². The number of aromatic carboxylic acids is 1. The lowest BCUT2D eigenvalue weighted by Crippen LogP contribution is -2.27. The van der Waals surface area contributed by atoms with Gasteiger partial charge in [-0.15, -0.1) is 0 Å². The molecular formula is C15H21NO4. The molecule has 0 fully saturated rings. The summed E-state index contributed by atoms with van der Waals surface area (Å²) in [6.45, 7) is 3.71. The molecule has 20 heavy (non-hydrogen) atoms. The number of methoxy groups -OCH3 is 2. The van der Waals surface area contributed by atoms with Crippen molar-refractivity contribution >= 4 is 5.97 Å². The molecule has 0 saturated heterocycles. The van der Waals surface area contributed by atoms with Crippen LogP contribution in [0.1, 0.15) is 40.9 Å². The number of benzene rings is 1. The maximum atomic E-state index is 11.4. The molecule has 110 valence electrons. The number of hydrogen-bond acceptors (Lipinski definition) is 4. The lowest BCUT2D eigenvalue weighted by Gasteiger charge is -2.27. The molecule has 0 bridgehead atoms. The number of fused-ring (bicyclic) bond motifs is 1. The van der Waals surface area contributed by atoms with Gasteiger partial charge in [0.05, 0.1) is 5.56 Å². The summed E-state index contributed by atoms with van der Waals surface area (Å²) < 4.78 is 10.5. The van der Waals surface area contributed by atoms with Gasteiger partial charge in [0.15, 0.2) is 6.29 Å². The van der Waals surface area contributed by atoms with Crippen LogP contribution in [0.3, 0.4) is 0 Å². The Bertz CT molecular complexity index is 485. The molecule has 2 rings (SSSR count). The summed E-state index contributed by atoms with van der Waals surface area (Å²) in [6, 6.07) is 5.50. The zero-order valence-corrected chi connectivity index (χ0v) is 12.1. The Morgan fingerprint density at radius 2 is 2.15 bits per heavy atom. The first kappa shape index (κ1) is 15.0. The highest BCUT2D eigenvalue weighted by molar-refractivity contribution is 5.90. The van der Waals surface area contributed by atoms with Crippen LogP contribution in [-0.4, -0.2) is 43.0 Å². The SMILES string of the molecule is CCN1Cc2cccc(C(=O)O)c2C1CC(OC)OC. The third kappa shape index (κ3) is 2.70. The third-order valence-electron chi connectivity index (χ3n) is 3.92. The monoisotopic (exact) mass is 279 g/mol. The number of carbonyl (C=O) groups is 1. The molecular weight excluding hydrogens is 258 g/mol. The minimum Gasteiger partial charge on any atom is -0.478 e. The molecule has 1 N–H and O–H groups in total. The highest BCUT2D eigenvalue weighted by Crippen LogP contribution is 2.39. The lowest BCUT2D eigenvalue weighted by atomic mass is 9.96. The predicted octanol–water partition coefficient (Wildman–Crippen LogP) is 2.27. The molecule has 0 amide bonds. The fraction of sp³-hybridized carbons (Fsp3) is 0.533. The van der Waals surface area contributed by atoms with Crippen LogP contribution in [0.15, 0.2) is 18.2 Å². The number of ether oxygens (including phenoxy) is 2. The van der Waals surface area contributed by atoms with Crippen molar-refractivity contribution in [3.05, 3.63) is 34.9 Å². The molecule has 0 spiro atoms. The van der Waals surface area contributed by atoms with Crippen molar-refractivity contribution in [2.45, 2.75) is 32.2 Å². The number of nitrogens with zero attached hydrogens (tertiary/aromatic N) is 1. The average molecular weight is 279 g/mol. The Hall–Kier alpha value is -1.43. The van der Waals surface area contributed by atoms with E-state index in [9.17, 15) is 9.90 Å². The highest BCUT2D eigenvalue weighted by atomic mass is 16.7. The smallest absolute Gasteiger partial charge is 0.336 e. The van der Waals surface area contributed by atoms with Crippen molar-refractivity contribution in [2.75, 3.05) is 20.8 Å². The molecule has 1 aromatic carbocycles. The van der Waals surface area contributed by atoms with Crippen LogP contribution >= 0.6 is 0 Å². The largest absolute Gasteiger partial charge is 0.478 e. The van der Waals surface area contributed by atoms with Crippen LogP contribution in [0.25, 0.3) is 0 Å². The molecule has 1 atom stereocenters. The van der Waals surface area contributed by atoms with Gasteiger partial charge in [-0.25, -0.2) is 4.79 Å². The summed E-state index contributed by atoms with van der Waals surface area (Å²) in [5.41, 5.74) is 2.37. The standard InChI is InChI=1S/C15H21NO4/c1-4-16-9-10-6-5-7-11(15(17)18)14(10)12(16)8-13(19-2)20-3/h5-7,12-13H,4,8-9H2,1-3H3,(H,17,18). The summed E-state index contributed by atoms with van der Waals surface area (Å²) in [7, 11) is 3.20. The molecule has 1 heterocycles. The van der Waals surface area contributed by atoms with E-state index in [0.717, 1.165) is 24.2 Å². The minimum absolute atomic E-state index is 0.0206. The number of carboxylic acid groups (broad SMARTS) is 1. The van der Waals surface area contributed by atoms with Crippen LogP contribution in [0, 0.1) is 0 Å². The van der Waals surface area contributed by atoms with Crippen LogP contribution in [0.4, 0.5) is 0 Å². The minimum atomic E-state index is -0.879. The second kappa shape index (κ2) is 6.35. The Labute approximate surface area is 119 Å². The second-order valence-electron chi connectivity index (χ2n) is 4.90. The Balaban J connectivity index is 2.38. The Morgan fingerprint density at radius 3 is 2.70 bits per heavy atom. The third-order valence-corrected chi connectivity index (χ3v) is 3.92. The van der Waals surface area contributed by atoms with Gasteiger partial charge >= 0.3 is 5.97 Å². The van der Waals surface area contributed by atoms with E-state index >= 15 is 0 Å². The predicted molar refractivity (Wildman–Crippen MR) is 74.6 cm³/mol. The zero-order valence-electron chi connectivity index (χ0n) is 12.1. The fourth-order valence-corrected chi connectivity index (χ4v) is 2.91. The van der Waals surface area contributed by atoms with Gasteiger partial charge in [0.25, 0.3) is 0 Å². The van der Waals surface area contributed by atoms with E-state index in [1.165, 1.54) is 0 Å². The summed E-state index contributed by atoms with van der Waals surface area (Å²) in [5.74, 6) is -0.879. The van der Waals surface area contributed by atoms with Gasteiger partial charge in [0, 0.05) is 33.2 Å². The first-order valence-corrected chi connectivity index (χ1v) is 6.77. The first-order chi connectivity index (χ1) is 9.62. The Morgan fingerprint density at radius 1 is 1.45 bits per heavy atom. The maximum absolute atomic E-state index is 11.4. The molecule has 1 aliphatic heterocycles. The summed E-state index contributed by atoms with van der Waals surface area (Å²) in [4.78, 5) is 13.7. The van der Waals surface area contributed by atoms with Gasteiger partial charge in [0.2, 0.25) is 0 Å². The molecule has 1 aromatic rings. The maximum Gasteiger partial charge on any atom is 0.336 e. The molecule has 0 saturated carbocycles. The van der Waals surface area contributed by atoms with E-state index in [4.69, 9.17) is 9.47 Å². The molecule has 1 unspecified atom stereocenters. The first-order valence-electron chi connectivity index (χ1n) is 6.77. The number of rotatable bonds is 6. The van der Waals surface area contributed by atoms with Gasteiger partial charge in [0.1, 0.15) is 0 Å². The van der Waals surface area contributed by atoms with Crippen LogP contribution < -0.4 is 0 Å². The normalized spacial score (nSPS) is 18.5. The molecule has 0 radical (unpaired) electrons. The van der Waals surface area contributed by atoms with Crippen LogP contribution in [0.5, 0.6) is 0 Å². The van der Waals surface area contributed by atoms with Gasteiger partial charge in [-0.1, -0.05) is 19.1 Å². The van der Waals surface area contributed by atoms with Crippen molar-refractivity contribution in [1.29, 1.82) is 0 Å². The van der Waals surface area contributed by atoms with Gasteiger partial charge in [-0.2, -0.15) is 0 Å². The molecule has 1 aliphatic rings. The molecule has 0 aromatic heterocycles. The highest BCUT2D eigenvalue weighted by Gasteiger charge is 2.34. The number of hydrogen-bond donors (Lipinski definition) is 1. The van der Waals surface area contributed by atoms with Crippen molar-refractivity contribution in [2.24, 2.45) is 0 Å². The van der Waals surface area contributed by atoms with E-state index in [1.54, 1.807) is 20.3 Å². The summed E-state index contributed by atoms with van der Waals surface area (Å²) >= 11 is 0. The van der Waals surface area contributed by atoms with Crippen molar-refractivity contribution in [3.8, 4) is 0 Å². The van der Waals surface area contributed by atoms with E-state index in [0.29, 0.717) is 12.0 Å². The van der Waals surface area contributed by atoms with Crippen molar-refractivity contribution in [1.82, 2.24) is 4.90 Å². The van der Waals surface area contributed by atoms with Gasteiger partial charge < -0.3 is 14.6 Å². The van der Waals surface area contributed by atoms with E-state index < -0.39 is 5.97 Å². The zero-order chi connectivity index (χ0) is 14.7. The molecule has 5 heteroatoms. The van der Waals surface area contributed by atoms with Crippen LogP contribution in [0.2, 0.25) is 0 Å². The fourth-order valence-electron chi connectivity index (χ4n) is 2.91. The topological polar surface area (TPSA) is 59.0 Å². The Kier molecular flexibility index (Phi) is 4.75. The average Bonchev–Trinajstić information content (AvgIpc) is 2.82. The molecule has 5 nitrogen and oxygen atoms in total. The quantitative estimate of drug-likeness (QED) is 0.809. The molecule has 0 aliphatic carbocycles. The van der Waals surface area contributed by atoms with Crippen molar-refractivity contribution < 1.29 is 19.4 Å². The number of carboxylic acids is 1. The van der Waals surface area contributed by atoms with Gasteiger partial charge in [-0.05, 0) is 23.7 Å².